The molecule has 0 spiro atoms. The number of rotatable bonds is 12. The summed E-state index contributed by atoms with van der Waals surface area (Å²) < 4.78 is 46.5. The van der Waals surface area contributed by atoms with Crippen molar-refractivity contribution in [1.82, 2.24) is 29.0 Å². The second kappa shape index (κ2) is 14.3. The molecule has 4 aromatic rings. The molecule has 6 rings (SSSR count). The van der Waals surface area contributed by atoms with E-state index >= 15 is 0 Å². The molecule has 0 saturated carbocycles. The Morgan fingerprint density at radius 3 is 2.55 bits per heavy atom. The Morgan fingerprint density at radius 2 is 1.87 bits per heavy atom. The highest BCUT2D eigenvalue weighted by Gasteiger charge is 2.30. The van der Waals surface area contributed by atoms with Gasteiger partial charge in [0, 0.05) is 64.2 Å². The molecule has 2 unspecified atom stereocenters. The lowest BCUT2D eigenvalue weighted by Gasteiger charge is -2.41. The summed E-state index contributed by atoms with van der Waals surface area (Å²) in [6.07, 6.45) is 4.58. The van der Waals surface area contributed by atoms with E-state index in [1.807, 2.05) is 29.1 Å². The zero-order valence-corrected chi connectivity index (χ0v) is 27.5. The van der Waals surface area contributed by atoms with Gasteiger partial charge in [-0.25, -0.2) is 18.5 Å². The Kier molecular flexibility index (Phi) is 9.95. The largest absolute Gasteiger partial charge is 0.432 e. The number of halogens is 2. The molecular weight excluding hydrogens is 624 g/mol. The summed E-state index contributed by atoms with van der Waals surface area (Å²) in [6, 6.07) is 14.5. The monoisotopic (exact) mass is 663 g/mol. The number of nitrogens with zero attached hydrogens (tertiary/aromatic N) is 7. The summed E-state index contributed by atoms with van der Waals surface area (Å²) in [5.74, 6) is 1.94. The fraction of sp³-hybridized carbons (Fsp3) is 0.455. The number of ether oxygens (including phenoxy) is 1. The first-order valence-corrected chi connectivity index (χ1v) is 16.9. The predicted octanol–water partition coefficient (Wildman–Crippen LogP) is 4.76. The molecule has 47 heavy (non-hydrogen) atoms. The lowest BCUT2D eigenvalue weighted by Crippen LogP contribution is -2.47. The quantitative estimate of drug-likeness (QED) is 0.221. The van der Waals surface area contributed by atoms with Crippen LogP contribution in [0.25, 0.3) is 10.9 Å². The number of aryl methyl sites for hydroxylation is 1. The lowest BCUT2D eigenvalue weighted by atomic mass is 9.89. The van der Waals surface area contributed by atoms with Crippen molar-refractivity contribution in [2.45, 2.75) is 49.7 Å². The van der Waals surface area contributed by atoms with E-state index in [1.54, 1.807) is 12.1 Å². The molecule has 2 aromatic heterocycles. The molecule has 0 aliphatic carbocycles. The fourth-order valence-corrected chi connectivity index (χ4v) is 7.80. The molecule has 2 fully saturated rings. The molecule has 4 heterocycles. The highest BCUT2D eigenvalue weighted by Crippen LogP contribution is 2.32. The van der Waals surface area contributed by atoms with Crippen molar-refractivity contribution in [2.75, 3.05) is 50.4 Å². The number of nitrogens with one attached hydrogen (secondary N) is 2. The minimum absolute atomic E-state index is 0.0628. The van der Waals surface area contributed by atoms with E-state index in [9.17, 15) is 18.3 Å². The maximum atomic E-state index is 13.6. The molecule has 14 heteroatoms. The van der Waals surface area contributed by atoms with Crippen molar-refractivity contribution in [3.8, 4) is 11.8 Å². The molecule has 2 N–H and O–H groups in total. The molecule has 0 amide bonds. The van der Waals surface area contributed by atoms with Crippen LogP contribution in [0.3, 0.4) is 0 Å². The van der Waals surface area contributed by atoms with Gasteiger partial charge in [-0.05, 0) is 66.6 Å². The van der Waals surface area contributed by atoms with Gasteiger partial charge in [-0.3, -0.25) is 4.68 Å². The van der Waals surface area contributed by atoms with Crippen molar-refractivity contribution in [1.29, 1.82) is 5.26 Å². The molecule has 2 saturated heterocycles. The number of hydrogen-bond acceptors (Lipinski definition) is 9. The fourth-order valence-electron chi connectivity index (χ4n) is 6.53. The highest BCUT2D eigenvalue weighted by atomic mass is 32.2. The molecule has 2 aliphatic heterocycles. The molecular formula is C33H39F2N9O2S. The molecule has 2 atom stereocenters. The first-order chi connectivity index (χ1) is 22.7. The number of piperidine rings is 1. The Labute approximate surface area is 275 Å². The Hall–Kier alpha value is -4.19. The third-order valence-electron chi connectivity index (χ3n) is 8.95. The van der Waals surface area contributed by atoms with E-state index in [-0.39, 0.29) is 11.8 Å². The van der Waals surface area contributed by atoms with Crippen LogP contribution in [0.2, 0.25) is 0 Å². The Balaban J connectivity index is 1.00. The predicted molar refractivity (Wildman–Crippen MR) is 177 cm³/mol. The van der Waals surface area contributed by atoms with E-state index in [0.29, 0.717) is 54.2 Å². The van der Waals surface area contributed by atoms with Gasteiger partial charge < -0.3 is 20.3 Å². The van der Waals surface area contributed by atoms with E-state index < -0.39 is 17.6 Å². The molecule has 248 valence electrons. The number of nitriles is 1. The smallest absolute Gasteiger partial charge is 0.387 e. The maximum absolute atomic E-state index is 13.6. The minimum Gasteiger partial charge on any atom is -0.432 e. The number of likely N-dealkylation sites (tertiary alicyclic amines) is 1. The third-order valence-corrected chi connectivity index (χ3v) is 10.4. The average molecular weight is 664 g/mol. The molecule has 11 nitrogen and oxygen atoms in total. The van der Waals surface area contributed by atoms with Crippen LogP contribution in [-0.2, 0) is 24.5 Å². The van der Waals surface area contributed by atoms with Crippen molar-refractivity contribution in [2.24, 2.45) is 13.0 Å². The van der Waals surface area contributed by atoms with Gasteiger partial charge in [0.05, 0.1) is 34.4 Å². The molecule has 0 radical (unpaired) electrons. The summed E-state index contributed by atoms with van der Waals surface area (Å²) in [7, 11) is 2.50. The van der Waals surface area contributed by atoms with Gasteiger partial charge in [-0.2, -0.15) is 19.1 Å². The summed E-state index contributed by atoms with van der Waals surface area (Å²) in [5, 5.41) is 21.9. The standard InChI is InChI=1S/C33H39F2N9O2S/c1-21(18-43-19-25(20-43)22-5-7-29-30(14-22)42(3)41-31(29)37-2)12-24-13-28(6-4-23(24)15-36)47(45)44-10-8-26(9-11-44)40-33-38-16-27(17-39-33)46-32(34)35/h4-7,13-14,16-17,21,25-26,32H,8-12,18-20H2,1-3H3,(H,37,41)(H,38,39,40). The number of alkyl halides is 2. The van der Waals surface area contributed by atoms with Crippen molar-refractivity contribution in [3.63, 3.8) is 0 Å². The number of fused-ring (bicyclic) bond motifs is 1. The van der Waals surface area contributed by atoms with Crippen LogP contribution in [0.1, 0.15) is 42.4 Å². The first-order valence-electron chi connectivity index (χ1n) is 15.8. The number of aromatic nitrogens is 4. The van der Waals surface area contributed by atoms with Gasteiger partial charge in [-0.1, -0.05) is 13.0 Å². The van der Waals surface area contributed by atoms with Gasteiger partial charge in [0.25, 0.3) is 0 Å². The van der Waals surface area contributed by atoms with Gasteiger partial charge in [0.1, 0.15) is 11.0 Å². The van der Waals surface area contributed by atoms with Crippen LogP contribution in [-0.4, -0.2) is 85.6 Å². The van der Waals surface area contributed by atoms with Crippen LogP contribution in [0.15, 0.2) is 53.7 Å². The van der Waals surface area contributed by atoms with Crippen LogP contribution in [0.4, 0.5) is 20.5 Å². The topological polar surface area (TPSA) is 124 Å². The van der Waals surface area contributed by atoms with Gasteiger partial charge in [0.15, 0.2) is 11.6 Å². The van der Waals surface area contributed by atoms with Crippen molar-refractivity contribution < 1.29 is 17.7 Å². The van der Waals surface area contributed by atoms with E-state index in [1.165, 1.54) is 18.0 Å². The van der Waals surface area contributed by atoms with E-state index in [2.05, 4.69) is 66.5 Å². The average Bonchev–Trinajstić information content (AvgIpc) is 3.37. The lowest BCUT2D eigenvalue weighted by molar-refractivity contribution is -0.0503. The number of hydrogen-bond donors (Lipinski definition) is 2. The van der Waals surface area contributed by atoms with Crippen LogP contribution < -0.4 is 15.4 Å². The van der Waals surface area contributed by atoms with Gasteiger partial charge in [0.2, 0.25) is 5.95 Å². The van der Waals surface area contributed by atoms with Crippen molar-refractivity contribution in [3.05, 3.63) is 65.5 Å². The van der Waals surface area contributed by atoms with Crippen LogP contribution in [0.5, 0.6) is 5.75 Å². The summed E-state index contributed by atoms with van der Waals surface area (Å²) in [5.41, 5.74) is 4.01. The normalized spacial score (nSPS) is 17.7. The van der Waals surface area contributed by atoms with Gasteiger partial charge in [-0.15, -0.1) is 0 Å². The zero-order valence-electron chi connectivity index (χ0n) is 26.7. The molecule has 2 aliphatic rings. The van der Waals surface area contributed by atoms with E-state index in [0.717, 1.165) is 48.3 Å². The Morgan fingerprint density at radius 1 is 1.13 bits per heavy atom. The van der Waals surface area contributed by atoms with Crippen LogP contribution >= 0.6 is 0 Å². The van der Waals surface area contributed by atoms with E-state index in [4.69, 9.17) is 0 Å². The molecule has 0 bridgehead atoms. The maximum Gasteiger partial charge on any atom is 0.387 e. The number of anilines is 2. The summed E-state index contributed by atoms with van der Waals surface area (Å²) in [4.78, 5) is 11.3. The van der Waals surface area contributed by atoms with Crippen LogP contribution in [0, 0.1) is 17.2 Å². The van der Waals surface area contributed by atoms with Gasteiger partial charge >= 0.3 is 6.61 Å². The zero-order chi connectivity index (χ0) is 33.1. The first kappa shape index (κ1) is 32.7. The van der Waals surface area contributed by atoms with Crippen molar-refractivity contribution >= 4 is 33.7 Å². The highest BCUT2D eigenvalue weighted by molar-refractivity contribution is 7.82. The second-order valence-electron chi connectivity index (χ2n) is 12.4. The third kappa shape index (κ3) is 7.53. The second-order valence-corrected chi connectivity index (χ2v) is 13.9. The minimum atomic E-state index is -2.93. The summed E-state index contributed by atoms with van der Waals surface area (Å²) >= 11 is 0. The molecule has 2 aromatic carbocycles. The summed E-state index contributed by atoms with van der Waals surface area (Å²) in [6.45, 7) is 3.41. The Bertz CT molecular complexity index is 1760. The number of benzene rings is 2. The SMILES string of the molecule is CNc1nn(C)c2cc(C3CN(CC(C)Cc4cc(S(=O)N5CCC(Nc6ncc(OC(F)F)cn6)CC5)ccc4C#N)C3)ccc12.